The summed E-state index contributed by atoms with van der Waals surface area (Å²) < 4.78 is 19.2. The molecule has 0 aliphatic carbocycles. The molecule has 1 fully saturated rings. The Morgan fingerprint density at radius 1 is 1.50 bits per heavy atom. The second kappa shape index (κ2) is 3.45. The zero-order valence-corrected chi connectivity index (χ0v) is 9.42. The zero-order valence-electron chi connectivity index (χ0n) is 9.42. The highest BCUT2D eigenvalue weighted by molar-refractivity contribution is 5.64. The van der Waals surface area contributed by atoms with Gasteiger partial charge in [0.2, 0.25) is 0 Å². The van der Waals surface area contributed by atoms with E-state index in [4.69, 9.17) is 4.74 Å². The fourth-order valence-corrected chi connectivity index (χ4v) is 2.78. The number of anilines is 1. The minimum absolute atomic E-state index is 0.222. The number of para-hydroxylation sites is 1. The van der Waals surface area contributed by atoms with Crippen molar-refractivity contribution in [1.29, 1.82) is 0 Å². The van der Waals surface area contributed by atoms with E-state index in [2.05, 4.69) is 24.4 Å². The molecule has 1 aromatic carbocycles. The summed E-state index contributed by atoms with van der Waals surface area (Å²) in [4.78, 5) is 0. The van der Waals surface area contributed by atoms with Crippen LogP contribution in [0.15, 0.2) is 18.2 Å². The SMILES string of the molecule is Cc1cccc2c1NC1(CCOCC1F)C2. The van der Waals surface area contributed by atoms with E-state index < -0.39 is 11.7 Å². The Morgan fingerprint density at radius 3 is 3.12 bits per heavy atom. The van der Waals surface area contributed by atoms with Crippen molar-refractivity contribution in [1.82, 2.24) is 0 Å². The molecule has 86 valence electrons. The second-order valence-corrected chi connectivity index (χ2v) is 4.86. The summed E-state index contributed by atoms with van der Waals surface area (Å²) in [7, 11) is 0. The average molecular weight is 221 g/mol. The lowest BCUT2D eigenvalue weighted by molar-refractivity contribution is -0.00545. The molecule has 1 N–H and O–H groups in total. The van der Waals surface area contributed by atoms with E-state index in [1.807, 2.05) is 6.07 Å². The van der Waals surface area contributed by atoms with Gasteiger partial charge in [0.1, 0.15) is 6.17 Å². The van der Waals surface area contributed by atoms with Gasteiger partial charge in [-0.25, -0.2) is 4.39 Å². The van der Waals surface area contributed by atoms with Crippen LogP contribution in [-0.4, -0.2) is 24.9 Å². The maximum absolute atomic E-state index is 14.1. The van der Waals surface area contributed by atoms with Crippen molar-refractivity contribution in [2.45, 2.75) is 31.5 Å². The lowest BCUT2D eigenvalue weighted by Gasteiger charge is -2.37. The molecule has 0 amide bonds. The van der Waals surface area contributed by atoms with Crippen molar-refractivity contribution >= 4 is 5.69 Å². The van der Waals surface area contributed by atoms with E-state index in [1.54, 1.807) is 0 Å². The molecule has 2 unspecified atom stereocenters. The quantitative estimate of drug-likeness (QED) is 0.726. The van der Waals surface area contributed by atoms with Crippen molar-refractivity contribution in [2.75, 3.05) is 18.5 Å². The van der Waals surface area contributed by atoms with Crippen LogP contribution in [-0.2, 0) is 11.2 Å². The molecule has 1 spiro atoms. The number of hydrogen-bond acceptors (Lipinski definition) is 2. The third kappa shape index (κ3) is 1.34. The molecule has 2 aliphatic heterocycles. The van der Waals surface area contributed by atoms with Gasteiger partial charge >= 0.3 is 0 Å². The molecule has 1 aromatic rings. The van der Waals surface area contributed by atoms with Gasteiger partial charge in [0.15, 0.2) is 0 Å². The number of hydrogen-bond donors (Lipinski definition) is 1. The zero-order chi connectivity index (χ0) is 11.2. The molecule has 3 heteroatoms. The van der Waals surface area contributed by atoms with Crippen molar-refractivity contribution in [3.63, 3.8) is 0 Å². The molecule has 2 nitrogen and oxygen atoms in total. The minimum atomic E-state index is -0.909. The minimum Gasteiger partial charge on any atom is -0.378 e. The summed E-state index contributed by atoms with van der Waals surface area (Å²) in [5.41, 5.74) is 3.16. The third-order valence-corrected chi connectivity index (χ3v) is 3.80. The van der Waals surface area contributed by atoms with Crippen LogP contribution in [0.4, 0.5) is 10.1 Å². The largest absolute Gasteiger partial charge is 0.378 e. The van der Waals surface area contributed by atoms with Crippen LogP contribution in [0, 0.1) is 6.92 Å². The maximum Gasteiger partial charge on any atom is 0.147 e. The van der Waals surface area contributed by atoms with Crippen LogP contribution in [0.3, 0.4) is 0 Å². The van der Waals surface area contributed by atoms with Gasteiger partial charge in [0.05, 0.1) is 12.1 Å². The van der Waals surface area contributed by atoms with Gasteiger partial charge in [-0.05, 0) is 24.5 Å². The number of rotatable bonds is 0. The predicted octanol–water partition coefficient (Wildman–Crippen LogP) is 2.46. The van der Waals surface area contributed by atoms with Gasteiger partial charge in [-0.15, -0.1) is 0 Å². The molecule has 2 heterocycles. The number of aryl methyl sites for hydroxylation is 1. The highest BCUT2D eigenvalue weighted by atomic mass is 19.1. The number of nitrogens with one attached hydrogen (secondary N) is 1. The summed E-state index contributed by atoms with van der Waals surface area (Å²) >= 11 is 0. The fourth-order valence-electron chi connectivity index (χ4n) is 2.78. The van der Waals surface area contributed by atoms with E-state index in [0.717, 1.165) is 18.5 Å². The Balaban J connectivity index is 1.97. The topological polar surface area (TPSA) is 21.3 Å². The molecular formula is C13H16FNO. The maximum atomic E-state index is 14.1. The number of halogens is 1. The smallest absolute Gasteiger partial charge is 0.147 e. The van der Waals surface area contributed by atoms with Crippen LogP contribution in [0.25, 0.3) is 0 Å². The molecule has 0 aromatic heterocycles. The van der Waals surface area contributed by atoms with Gasteiger partial charge < -0.3 is 10.1 Å². The summed E-state index contributed by atoms with van der Waals surface area (Å²) in [6.07, 6.45) is 0.629. The van der Waals surface area contributed by atoms with Gasteiger partial charge in [-0.1, -0.05) is 18.2 Å². The van der Waals surface area contributed by atoms with E-state index in [1.165, 1.54) is 11.1 Å². The van der Waals surface area contributed by atoms with Crippen molar-refractivity contribution in [2.24, 2.45) is 0 Å². The average Bonchev–Trinajstić information content (AvgIpc) is 2.64. The first-order valence-electron chi connectivity index (χ1n) is 5.80. The van der Waals surface area contributed by atoms with Gasteiger partial charge in [0.25, 0.3) is 0 Å². The van der Waals surface area contributed by atoms with Gasteiger partial charge in [-0.3, -0.25) is 0 Å². The van der Waals surface area contributed by atoms with Crippen LogP contribution < -0.4 is 5.32 Å². The van der Waals surface area contributed by atoms with Crippen LogP contribution in [0.1, 0.15) is 17.5 Å². The van der Waals surface area contributed by atoms with Crippen molar-refractivity contribution < 1.29 is 9.13 Å². The van der Waals surface area contributed by atoms with Crippen molar-refractivity contribution in [3.8, 4) is 0 Å². The lowest BCUT2D eigenvalue weighted by Crippen LogP contribution is -2.52. The third-order valence-electron chi connectivity index (χ3n) is 3.80. The standard InChI is InChI=1S/C13H16FNO/c1-9-3-2-4-10-7-13(15-12(9)10)5-6-16-8-11(13)14/h2-4,11,15H,5-8H2,1H3. The Labute approximate surface area is 94.8 Å². The highest BCUT2D eigenvalue weighted by Crippen LogP contribution is 2.41. The number of alkyl halides is 1. The number of fused-ring (bicyclic) bond motifs is 1. The molecule has 2 aliphatic rings. The molecule has 1 saturated heterocycles. The van der Waals surface area contributed by atoms with E-state index >= 15 is 0 Å². The van der Waals surface area contributed by atoms with Crippen LogP contribution in [0.5, 0.6) is 0 Å². The molecule has 16 heavy (non-hydrogen) atoms. The van der Waals surface area contributed by atoms with Crippen LogP contribution >= 0.6 is 0 Å². The Hall–Kier alpha value is -1.09. The normalized spacial score (nSPS) is 32.5. The first-order valence-corrected chi connectivity index (χ1v) is 5.80. The second-order valence-electron chi connectivity index (χ2n) is 4.86. The van der Waals surface area contributed by atoms with Gasteiger partial charge in [0, 0.05) is 18.7 Å². The first kappa shape index (κ1) is 10.1. The van der Waals surface area contributed by atoms with Crippen molar-refractivity contribution in [3.05, 3.63) is 29.3 Å². The highest BCUT2D eigenvalue weighted by Gasteiger charge is 2.46. The fraction of sp³-hybridized carbons (Fsp3) is 0.538. The summed E-state index contributed by atoms with van der Waals surface area (Å²) in [5.74, 6) is 0. The molecule has 0 saturated carbocycles. The van der Waals surface area contributed by atoms with Gasteiger partial charge in [-0.2, -0.15) is 0 Å². The molecule has 0 radical (unpaired) electrons. The Bertz CT molecular complexity index is 420. The Kier molecular flexibility index (Phi) is 2.18. The molecular weight excluding hydrogens is 205 g/mol. The number of ether oxygens (including phenoxy) is 1. The number of benzene rings is 1. The van der Waals surface area contributed by atoms with E-state index in [0.29, 0.717) is 6.61 Å². The van der Waals surface area contributed by atoms with E-state index in [9.17, 15) is 4.39 Å². The molecule has 0 bridgehead atoms. The predicted molar refractivity (Wildman–Crippen MR) is 61.6 cm³/mol. The summed E-state index contributed by atoms with van der Waals surface area (Å²) in [5, 5.41) is 3.41. The monoisotopic (exact) mass is 221 g/mol. The van der Waals surface area contributed by atoms with Crippen LogP contribution in [0.2, 0.25) is 0 Å². The Morgan fingerprint density at radius 2 is 2.38 bits per heavy atom. The molecule has 3 rings (SSSR count). The van der Waals surface area contributed by atoms with E-state index in [-0.39, 0.29) is 6.61 Å². The summed E-state index contributed by atoms with van der Waals surface area (Å²) in [6.45, 7) is 2.94. The lowest BCUT2D eigenvalue weighted by atomic mass is 9.85. The molecule has 2 atom stereocenters. The summed E-state index contributed by atoms with van der Waals surface area (Å²) in [6, 6.07) is 6.20. The first-order chi connectivity index (χ1) is 7.71.